The highest BCUT2D eigenvalue weighted by Crippen LogP contribution is 2.32. The summed E-state index contributed by atoms with van der Waals surface area (Å²) in [5.74, 6) is 3.10. The summed E-state index contributed by atoms with van der Waals surface area (Å²) in [6, 6.07) is 21.3. The third-order valence-electron chi connectivity index (χ3n) is 6.88. The number of piperidine rings is 1. The molecule has 2 heterocycles. The number of anilines is 1. The van der Waals surface area contributed by atoms with Crippen LogP contribution in [0, 0.1) is 5.92 Å². The molecular formula is C30H31ClN4O4S. The quantitative estimate of drug-likeness (QED) is 0.212. The van der Waals surface area contributed by atoms with Crippen LogP contribution in [-0.4, -0.2) is 48.3 Å². The summed E-state index contributed by atoms with van der Waals surface area (Å²) in [4.78, 5) is 21.0. The summed E-state index contributed by atoms with van der Waals surface area (Å²) in [7, 11) is 3.19. The monoisotopic (exact) mass is 578 g/mol. The lowest BCUT2D eigenvalue weighted by Gasteiger charge is -2.30. The molecule has 0 saturated carbocycles. The van der Waals surface area contributed by atoms with E-state index < -0.39 is 0 Å². The van der Waals surface area contributed by atoms with E-state index in [4.69, 9.17) is 25.6 Å². The average molecular weight is 579 g/mol. The van der Waals surface area contributed by atoms with Gasteiger partial charge in [-0.25, -0.2) is 0 Å². The van der Waals surface area contributed by atoms with Crippen LogP contribution < -0.4 is 14.8 Å². The summed E-state index contributed by atoms with van der Waals surface area (Å²) >= 11 is 7.70. The molecule has 208 valence electrons. The fourth-order valence-corrected chi connectivity index (χ4v) is 5.72. The summed E-state index contributed by atoms with van der Waals surface area (Å²) in [6.07, 6.45) is 1.53. The second-order valence-corrected chi connectivity index (χ2v) is 11.0. The molecule has 1 aliphatic rings. The Labute approximate surface area is 243 Å². The SMILES string of the molecule is COc1ccc(-c2noc(CN3CCC(C(=O)Nc4ccccc4SCc4ccc(Cl)cc4)CC3)n2)cc1OC. The summed E-state index contributed by atoms with van der Waals surface area (Å²) in [5.41, 5.74) is 2.82. The minimum Gasteiger partial charge on any atom is -0.493 e. The van der Waals surface area contributed by atoms with Crippen molar-refractivity contribution >= 4 is 35.0 Å². The predicted octanol–water partition coefficient (Wildman–Crippen LogP) is 6.55. The molecule has 1 aliphatic heterocycles. The van der Waals surface area contributed by atoms with Crippen LogP contribution in [0.5, 0.6) is 11.5 Å². The number of rotatable bonds is 10. The normalized spacial score (nSPS) is 14.2. The van der Waals surface area contributed by atoms with Gasteiger partial charge in [0.1, 0.15) is 0 Å². The van der Waals surface area contributed by atoms with Gasteiger partial charge in [-0.1, -0.05) is 41.0 Å². The lowest BCUT2D eigenvalue weighted by atomic mass is 9.96. The molecule has 4 aromatic rings. The third-order valence-corrected chi connectivity index (χ3v) is 8.28. The number of aromatic nitrogens is 2. The second kappa shape index (κ2) is 13.2. The number of likely N-dealkylation sites (tertiary alicyclic amines) is 1. The molecule has 10 heteroatoms. The maximum atomic E-state index is 13.1. The fourth-order valence-electron chi connectivity index (χ4n) is 4.63. The van der Waals surface area contributed by atoms with Crippen molar-refractivity contribution in [2.75, 3.05) is 32.6 Å². The van der Waals surface area contributed by atoms with Crippen molar-refractivity contribution < 1.29 is 18.8 Å². The molecule has 0 spiro atoms. The number of nitrogens with one attached hydrogen (secondary N) is 1. The predicted molar refractivity (Wildman–Crippen MR) is 157 cm³/mol. The number of methoxy groups -OCH3 is 2. The number of amides is 1. The van der Waals surface area contributed by atoms with Gasteiger partial charge in [-0.05, 0) is 74.0 Å². The molecule has 1 N–H and O–H groups in total. The number of hydrogen-bond donors (Lipinski definition) is 1. The number of nitrogens with zero attached hydrogens (tertiary/aromatic N) is 3. The number of carbonyl (C=O) groups excluding carboxylic acids is 1. The first-order valence-corrected chi connectivity index (χ1v) is 14.4. The van der Waals surface area contributed by atoms with Crippen LogP contribution in [0.3, 0.4) is 0 Å². The molecule has 1 saturated heterocycles. The molecule has 5 rings (SSSR count). The van der Waals surface area contributed by atoms with Crippen LogP contribution in [0.25, 0.3) is 11.4 Å². The van der Waals surface area contributed by atoms with Crippen LogP contribution in [0.2, 0.25) is 5.02 Å². The van der Waals surface area contributed by atoms with Gasteiger partial charge in [-0.3, -0.25) is 9.69 Å². The molecule has 1 fully saturated rings. The van der Waals surface area contributed by atoms with Gasteiger partial charge >= 0.3 is 0 Å². The molecule has 1 amide bonds. The van der Waals surface area contributed by atoms with Gasteiger partial charge in [-0.2, -0.15) is 4.98 Å². The van der Waals surface area contributed by atoms with Crippen LogP contribution in [0.4, 0.5) is 5.69 Å². The second-order valence-electron chi connectivity index (χ2n) is 9.53. The Kier molecular flexibility index (Phi) is 9.26. The Morgan fingerprint density at radius 1 is 1.05 bits per heavy atom. The van der Waals surface area contributed by atoms with Gasteiger partial charge in [0.05, 0.1) is 26.5 Å². The first-order chi connectivity index (χ1) is 19.5. The van der Waals surface area contributed by atoms with Crippen LogP contribution in [0.1, 0.15) is 24.3 Å². The molecule has 3 aromatic carbocycles. The molecule has 0 bridgehead atoms. The average Bonchev–Trinajstić information content (AvgIpc) is 3.46. The maximum Gasteiger partial charge on any atom is 0.241 e. The van der Waals surface area contributed by atoms with Crippen LogP contribution >= 0.6 is 23.4 Å². The minimum absolute atomic E-state index is 0.0458. The van der Waals surface area contributed by atoms with Gasteiger partial charge in [0.15, 0.2) is 11.5 Å². The zero-order valence-electron chi connectivity index (χ0n) is 22.4. The molecule has 0 radical (unpaired) electrons. The van der Waals surface area contributed by atoms with E-state index in [1.165, 1.54) is 5.56 Å². The Hall–Kier alpha value is -3.53. The van der Waals surface area contributed by atoms with E-state index in [1.807, 2.05) is 66.7 Å². The van der Waals surface area contributed by atoms with Gasteiger partial charge < -0.3 is 19.3 Å². The molecule has 8 nitrogen and oxygen atoms in total. The van der Waals surface area contributed by atoms with Crippen molar-refractivity contribution in [2.45, 2.75) is 30.0 Å². The molecular weight excluding hydrogens is 548 g/mol. The van der Waals surface area contributed by atoms with E-state index >= 15 is 0 Å². The molecule has 40 heavy (non-hydrogen) atoms. The highest BCUT2D eigenvalue weighted by molar-refractivity contribution is 7.98. The summed E-state index contributed by atoms with van der Waals surface area (Å²) in [6.45, 7) is 2.09. The lowest BCUT2D eigenvalue weighted by Crippen LogP contribution is -2.37. The fraction of sp³-hybridized carbons (Fsp3) is 0.300. The zero-order valence-corrected chi connectivity index (χ0v) is 24.0. The first-order valence-electron chi connectivity index (χ1n) is 13.1. The van der Waals surface area contributed by atoms with Crippen molar-refractivity contribution in [2.24, 2.45) is 5.92 Å². The Balaban J connectivity index is 1.13. The van der Waals surface area contributed by atoms with E-state index in [-0.39, 0.29) is 11.8 Å². The largest absolute Gasteiger partial charge is 0.493 e. The summed E-state index contributed by atoms with van der Waals surface area (Å²) in [5, 5.41) is 8.03. The summed E-state index contributed by atoms with van der Waals surface area (Å²) < 4.78 is 16.2. The molecule has 0 aliphatic carbocycles. The number of ether oxygens (including phenoxy) is 2. The Bertz CT molecular complexity index is 1440. The number of benzene rings is 3. The number of para-hydroxylation sites is 1. The molecule has 1 aromatic heterocycles. The number of halogens is 1. The van der Waals surface area contributed by atoms with E-state index in [1.54, 1.807) is 26.0 Å². The van der Waals surface area contributed by atoms with Gasteiger partial charge in [0.2, 0.25) is 17.6 Å². The van der Waals surface area contributed by atoms with Crippen molar-refractivity contribution in [3.63, 3.8) is 0 Å². The van der Waals surface area contributed by atoms with E-state index in [2.05, 4.69) is 20.4 Å². The molecule has 0 unspecified atom stereocenters. The number of thioether (sulfide) groups is 1. The zero-order chi connectivity index (χ0) is 27.9. The smallest absolute Gasteiger partial charge is 0.241 e. The van der Waals surface area contributed by atoms with E-state index in [0.29, 0.717) is 29.8 Å². The molecule has 0 atom stereocenters. The number of carbonyl (C=O) groups is 1. The van der Waals surface area contributed by atoms with Crippen molar-refractivity contribution in [1.82, 2.24) is 15.0 Å². The van der Waals surface area contributed by atoms with Gasteiger partial charge in [0.25, 0.3) is 0 Å². The van der Waals surface area contributed by atoms with Crippen molar-refractivity contribution in [1.29, 1.82) is 0 Å². The highest BCUT2D eigenvalue weighted by atomic mass is 35.5. The topological polar surface area (TPSA) is 89.7 Å². The Morgan fingerprint density at radius 3 is 2.55 bits per heavy atom. The highest BCUT2D eigenvalue weighted by Gasteiger charge is 2.26. The minimum atomic E-state index is -0.0458. The van der Waals surface area contributed by atoms with Gasteiger partial charge in [0, 0.05) is 27.2 Å². The maximum absolute atomic E-state index is 13.1. The first kappa shape index (κ1) is 28.0. The van der Waals surface area contributed by atoms with E-state index in [9.17, 15) is 4.79 Å². The van der Waals surface area contributed by atoms with Crippen LogP contribution in [0.15, 0.2) is 76.1 Å². The van der Waals surface area contributed by atoms with Gasteiger partial charge in [-0.15, -0.1) is 11.8 Å². The van der Waals surface area contributed by atoms with Crippen molar-refractivity contribution in [3.05, 3.63) is 83.2 Å². The lowest BCUT2D eigenvalue weighted by molar-refractivity contribution is -0.121. The standard InChI is InChI=1S/C30H31ClN4O4S/c1-37-25-12-9-22(17-26(25)38-2)29-33-28(39-34-29)18-35-15-13-21(14-16-35)30(36)32-24-5-3-4-6-27(24)40-19-20-7-10-23(31)11-8-20/h3-12,17,21H,13-16,18-19H2,1-2H3,(H,32,36). The number of hydrogen-bond acceptors (Lipinski definition) is 8. The Morgan fingerprint density at radius 2 is 1.80 bits per heavy atom. The van der Waals surface area contributed by atoms with Crippen molar-refractivity contribution in [3.8, 4) is 22.9 Å². The van der Waals surface area contributed by atoms with E-state index in [0.717, 1.165) is 52.9 Å². The van der Waals surface area contributed by atoms with Crippen LogP contribution in [-0.2, 0) is 17.1 Å². The third kappa shape index (κ3) is 6.96.